The number of carbonyl (C=O) groups excluding carboxylic acids is 1. The van der Waals surface area contributed by atoms with Crippen molar-refractivity contribution in [2.24, 2.45) is 0 Å². The van der Waals surface area contributed by atoms with Gasteiger partial charge in [0.15, 0.2) is 5.82 Å². The third kappa shape index (κ3) is 3.47. The van der Waals surface area contributed by atoms with Crippen molar-refractivity contribution in [1.29, 1.82) is 0 Å². The second-order valence-electron chi connectivity index (χ2n) is 3.53. The molecule has 7 heteroatoms. The van der Waals surface area contributed by atoms with Crippen LogP contribution in [0.5, 0.6) is 0 Å². The van der Waals surface area contributed by atoms with Crippen molar-refractivity contribution < 1.29 is 9.53 Å². The van der Waals surface area contributed by atoms with E-state index in [1.807, 2.05) is 24.3 Å². The van der Waals surface area contributed by atoms with Crippen molar-refractivity contribution in [3.8, 4) is 11.4 Å². The number of ether oxygens (including phenoxy) is 1. The van der Waals surface area contributed by atoms with Crippen LogP contribution in [0.1, 0.15) is 6.92 Å². The summed E-state index contributed by atoms with van der Waals surface area (Å²) in [6.07, 6.45) is 2.75. The van der Waals surface area contributed by atoms with Gasteiger partial charge in [-0.1, -0.05) is 28.1 Å². The first-order chi connectivity index (χ1) is 9.20. The van der Waals surface area contributed by atoms with Gasteiger partial charge in [-0.3, -0.25) is 0 Å². The zero-order valence-electron chi connectivity index (χ0n) is 10.2. The summed E-state index contributed by atoms with van der Waals surface area (Å²) in [5.74, 6) is 0.111. The molecular weight excluding hydrogens is 312 g/mol. The molecule has 98 valence electrons. The summed E-state index contributed by atoms with van der Waals surface area (Å²) in [5, 5.41) is 11.3. The third-order valence-corrected chi connectivity index (χ3v) is 2.71. The molecule has 0 radical (unpaired) electrons. The van der Waals surface area contributed by atoms with Gasteiger partial charge in [0.2, 0.25) is 0 Å². The topological polar surface area (TPSA) is 69.9 Å². The van der Waals surface area contributed by atoms with Crippen LogP contribution >= 0.6 is 15.9 Å². The van der Waals surface area contributed by atoms with Gasteiger partial charge in [0, 0.05) is 22.3 Å². The fourth-order valence-corrected chi connectivity index (χ4v) is 1.83. The number of esters is 1. The Hall–Kier alpha value is -2.02. The lowest BCUT2D eigenvalue weighted by Crippen LogP contribution is -2.01. The van der Waals surface area contributed by atoms with E-state index in [4.69, 9.17) is 4.74 Å². The zero-order valence-corrected chi connectivity index (χ0v) is 11.7. The summed E-state index contributed by atoms with van der Waals surface area (Å²) in [6, 6.07) is 7.56. The first-order valence-electron chi connectivity index (χ1n) is 5.59. The Labute approximate surface area is 118 Å². The molecule has 0 atom stereocenters. The molecule has 0 bridgehead atoms. The molecule has 0 amide bonds. The number of rotatable bonds is 4. The van der Waals surface area contributed by atoms with Crippen molar-refractivity contribution in [2.45, 2.75) is 6.92 Å². The predicted molar refractivity (Wildman–Crippen MR) is 72.9 cm³/mol. The Morgan fingerprint density at radius 2 is 2.37 bits per heavy atom. The molecule has 2 aromatic rings. The Balaban J connectivity index is 2.25. The summed E-state index contributed by atoms with van der Waals surface area (Å²) in [7, 11) is 0. The third-order valence-electron chi connectivity index (χ3n) is 2.21. The molecule has 1 heterocycles. The number of tetrazole rings is 1. The molecule has 2 rings (SSSR count). The van der Waals surface area contributed by atoms with Gasteiger partial charge >= 0.3 is 5.97 Å². The highest BCUT2D eigenvalue weighted by Crippen LogP contribution is 2.20. The van der Waals surface area contributed by atoms with Gasteiger partial charge in [0.25, 0.3) is 0 Å². The van der Waals surface area contributed by atoms with Crippen LogP contribution in [-0.4, -0.2) is 32.8 Å². The smallest absolute Gasteiger partial charge is 0.332 e. The van der Waals surface area contributed by atoms with E-state index in [1.54, 1.807) is 6.92 Å². The average molecular weight is 323 g/mol. The summed E-state index contributed by atoms with van der Waals surface area (Å²) in [6.45, 7) is 2.08. The van der Waals surface area contributed by atoms with Gasteiger partial charge < -0.3 is 4.74 Å². The van der Waals surface area contributed by atoms with Crippen molar-refractivity contribution >= 4 is 28.1 Å². The molecule has 0 spiro atoms. The van der Waals surface area contributed by atoms with Crippen LogP contribution in [-0.2, 0) is 9.53 Å². The van der Waals surface area contributed by atoms with E-state index >= 15 is 0 Å². The number of benzene rings is 1. The second-order valence-corrected chi connectivity index (χ2v) is 4.44. The largest absolute Gasteiger partial charge is 0.463 e. The monoisotopic (exact) mass is 322 g/mol. The van der Waals surface area contributed by atoms with E-state index in [0.29, 0.717) is 12.4 Å². The van der Waals surface area contributed by atoms with E-state index in [-0.39, 0.29) is 0 Å². The molecule has 0 N–H and O–H groups in total. The molecule has 1 aromatic carbocycles. The minimum atomic E-state index is -0.432. The maximum atomic E-state index is 11.2. The molecule has 0 aliphatic heterocycles. The minimum absolute atomic E-state index is 0.331. The van der Waals surface area contributed by atoms with E-state index in [2.05, 4.69) is 31.5 Å². The standard InChI is InChI=1S/C12H11BrN4O2/c1-2-19-11(18)6-7-17-12(14-15-16-17)9-4-3-5-10(13)8-9/h3-8H,2H2,1H3/b7-6+. The van der Waals surface area contributed by atoms with Crippen molar-refractivity contribution in [1.82, 2.24) is 20.2 Å². The van der Waals surface area contributed by atoms with Crippen molar-refractivity contribution in [2.75, 3.05) is 6.61 Å². The van der Waals surface area contributed by atoms with Crippen LogP contribution in [0, 0.1) is 0 Å². The second kappa shape index (κ2) is 6.24. The number of hydrogen-bond acceptors (Lipinski definition) is 5. The number of aromatic nitrogens is 4. The van der Waals surface area contributed by atoms with Crippen LogP contribution in [0.15, 0.2) is 34.8 Å². The highest BCUT2D eigenvalue weighted by Gasteiger charge is 2.07. The molecule has 0 aliphatic rings. The molecule has 0 fully saturated rings. The molecule has 0 saturated carbocycles. The predicted octanol–water partition coefficient (Wildman–Crippen LogP) is 2.14. The van der Waals surface area contributed by atoms with E-state index in [9.17, 15) is 4.79 Å². The lowest BCUT2D eigenvalue weighted by Gasteiger charge is -2.00. The molecule has 0 aliphatic carbocycles. The van der Waals surface area contributed by atoms with Gasteiger partial charge in [-0.15, -0.1) is 5.10 Å². The fourth-order valence-electron chi connectivity index (χ4n) is 1.43. The van der Waals surface area contributed by atoms with Crippen LogP contribution in [0.3, 0.4) is 0 Å². The maximum absolute atomic E-state index is 11.2. The summed E-state index contributed by atoms with van der Waals surface area (Å²) in [5.41, 5.74) is 0.841. The van der Waals surface area contributed by atoms with Crippen molar-refractivity contribution in [3.63, 3.8) is 0 Å². The van der Waals surface area contributed by atoms with Crippen LogP contribution in [0.2, 0.25) is 0 Å². The zero-order chi connectivity index (χ0) is 13.7. The molecule has 19 heavy (non-hydrogen) atoms. The Kier molecular flexibility index (Phi) is 4.40. The van der Waals surface area contributed by atoms with E-state index in [1.165, 1.54) is 17.0 Å². The Morgan fingerprint density at radius 1 is 1.53 bits per heavy atom. The normalized spacial score (nSPS) is 10.8. The molecule has 6 nitrogen and oxygen atoms in total. The van der Waals surface area contributed by atoms with Crippen LogP contribution in [0.4, 0.5) is 0 Å². The molecule has 0 saturated heterocycles. The minimum Gasteiger partial charge on any atom is -0.463 e. The highest BCUT2D eigenvalue weighted by atomic mass is 79.9. The summed E-state index contributed by atoms with van der Waals surface area (Å²) < 4.78 is 7.13. The Morgan fingerprint density at radius 3 is 3.11 bits per heavy atom. The molecule has 0 unspecified atom stereocenters. The molecule has 1 aromatic heterocycles. The van der Waals surface area contributed by atoms with Crippen LogP contribution < -0.4 is 0 Å². The first kappa shape index (κ1) is 13.4. The first-order valence-corrected chi connectivity index (χ1v) is 6.38. The number of carbonyl (C=O) groups is 1. The summed E-state index contributed by atoms with van der Waals surface area (Å²) in [4.78, 5) is 11.2. The van der Waals surface area contributed by atoms with Gasteiger partial charge in [0.1, 0.15) is 0 Å². The van der Waals surface area contributed by atoms with Gasteiger partial charge in [0.05, 0.1) is 6.61 Å². The van der Waals surface area contributed by atoms with Gasteiger partial charge in [-0.2, -0.15) is 4.68 Å². The van der Waals surface area contributed by atoms with E-state index in [0.717, 1.165) is 10.0 Å². The average Bonchev–Trinajstić information content (AvgIpc) is 2.85. The van der Waals surface area contributed by atoms with Crippen LogP contribution in [0.25, 0.3) is 17.6 Å². The lowest BCUT2D eigenvalue weighted by atomic mass is 10.2. The van der Waals surface area contributed by atoms with E-state index < -0.39 is 5.97 Å². The fraction of sp³-hybridized carbons (Fsp3) is 0.167. The lowest BCUT2D eigenvalue weighted by molar-refractivity contribution is -0.137. The van der Waals surface area contributed by atoms with Gasteiger partial charge in [-0.05, 0) is 29.5 Å². The van der Waals surface area contributed by atoms with Crippen molar-refractivity contribution in [3.05, 3.63) is 34.8 Å². The quantitative estimate of drug-likeness (QED) is 0.637. The van der Waals surface area contributed by atoms with Gasteiger partial charge in [-0.25, -0.2) is 4.79 Å². The molecular formula is C12H11BrN4O2. The number of nitrogens with zero attached hydrogens (tertiary/aromatic N) is 4. The number of hydrogen-bond donors (Lipinski definition) is 0. The number of halogens is 1. The Bertz CT molecular complexity index is 609. The highest BCUT2D eigenvalue weighted by molar-refractivity contribution is 9.10. The SMILES string of the molecule is CCOC(=O)/C=C/n1nnnc1-c1cccc(Br)c1. The summed E-state index contributed by atoms with van der Waals surface area (Å²) >= 11 is 3.39. The maximum Gasteiger partial charge on any atom is 0.332 e.